The minimum Gasteiger partial charge on any atom is -0.368 e. The summed E-state index contributed by atoms with van der Waals surface area (Å²) in [4.78, 5) is 17.3. The van der Waals surface area contributed by atoms with Gasteiger partial charge in [-0.2, -0.15) is 0 Å². The van der Waals surface area contributed by atoms with Gasteiger partial charge in [-0.1, -0.05) is 29.3 Å². The van der Waals surface area contributed by atoms with Crippen LogP contribution in [0.2, 0.25) is 10.3 Å². The molecule has 3 rings (SSSR count). The fourth-order valence-corrected chi connectivity index (χ4v) is 2.49. The third-order valence-electron chi connectivity index (χ3n) is 3.11. The van der Waals surface area contributed by atoms with E-state index in [1.807, 2.05) is 32.0 Å². The molecule has 0 spiro atoms. The number of nitrogens with zero attached hydrogens (tertiary/aromatic N) is 4. The summed E-state index contributed by atoms with van der Waals surface area (Å²) in [5.74, 6) is 1.76. The Kier molecular flexibility index (Phi) is 5.31. The van der Waals surface area contributed by atoms with Crippen molar-refractivity contribution in [3.8, 4) is 11.5 Å². The van der Waals surface area contributed by atoms with Crippen molar-refractivity contribution < 1.29 is 0 Å². The van der Waals surface area contributed by atoms with Gasteiger partial charge >= 0.3 is 0 Å². The third kappa shape index (κ3) is 4.78. The Labute approximate surface area is 155 Å². The van der Waals surface area contributed by atoms with Crippen LogP contribution in [0.5, 0.6) is 0 Å². The predicted octanol–water partition coefficient (Wildman–Crippen LogP) is 4.80. The zero-order valence-corrected chi connectivity index (χ0v) is 15.2. The standard InChI is InChI=1S/C17H16Cl2N6/c1-10(2)21-15-9-16(22-11-6-7-20-14(19)8-11)25-17(24-15)12-4-3-5-13(18)23-12/h3-10H,1-2H3,(H2,20,21,22,24,25). The summed E-state index contributed by atoms with van der Waals surface area (Å²) in [7, 11) is 0. The van der Waals surface area contributed by atoms with Gasteiger partial charge in [0.05, 0.1) is 0 Å². The summed E-state index contributed by atoms with van der Waals surface area (Å²) in [5.41, 5.74) is 1.37. The molecule has 0 aliphatic rings. The monoisotopic (exact) mass is 374 g/mol. The van der Waals surface area contributed by atoms with Gasteiger partial charge in [0, 0.05) is 24.0 Å². The molecule has 6 nitrogen and oxygen atoms in total. The first-order valence-electron chi connectivity index (χ1n) is 7.67. The summed E-state index contributed by atoms with van der Waals surface area (Å²) < 4.78 is 0. The molecule has 3 heterocycles. The topological polar surface area (TPSA) is 75.6 Å². The average Bonchev–Trinajstić information content (AvgIpc) is 2.54. The second kappa shape index (κ2) is 7.63. The normalized spacial score (nSPS) is 10.8. The van der Waals surface area contributed by atoms with Crippen LogP contribution in [0.1, 0.15) is 13.8 Å². The first-order chi connectivity index (χ1) is 12.0. The zero-order chi connectivity index (χ0) is 17.8. The maximum atomic E-state index is 5.99. The Balaban J connectivity index is 2.00. The van der Waals surface area contributed by atoms with E-state index in [4.69, 9.17) is 23.2 Å². The van der Waals surface area contributed by atoms with E-state index < -0.39 is 0 Å². The fraction of sp³-hybridized carbons (Fsp3) is 0.176. The smallest absolute Gasteiger partial charge is 0.182 e. The van der Waals surface area contributed by atoms with Gasteiger partial charge in [0.1, 0.15) is 27.6 Å². The molecule has 0 aromatic carbocycles. The molecule has 128 valence electrons. The molecule has 0 amide bonds. The van der Waals surface area contributed by atoms with Crippen LogP contribution in [0, 0.1) is 0 Å². The molecule has 3 aromatic heterocycles. The van der Waals surface area contributed by atoms with Gasteiger partial charge < -0.3 is 10.6 Å². The zero-order valence-electron chi connectivity index (χ0n) is 13.7. The molecule has 3 aromatic rings. The Hall–Kier alpha value is -2.44. The highest BCUT2D eigenvalue weighted by Gasteiger charge is 2.10. The van der Waals surface area contributed by atoms with Crippen LogP contribution in [0.15, 0.2) is 42.6 Å². The van der Waals surface area contributed by atoms with Crippen LogP contribution >= 0.6 is 23.2 Å². The van der Waals surface area contributed by atoms with E-state index in [-0.39, 0.29) is 6.04 Å². The number of nitrogens with one attached hydrogen (secondary N) is 2. The second-order valence-electron chi connectivity index (χ2n) is 5.60. The number of pyridine rings is 2. The van der Waals surface area contributed by atoms with Gasteiger partial charge in [-0.05, 0) is 38.1 Å². The third-order valence-corrected chi connectivity index (χ3v) is 3.52. The van der Waals surface area contributed by atoms with Gasteiger partial charge in [-0.15, -0.1) is 0 Å². The minimum absolute atomic E-state index is 0.221. The predicted molar refractivity (Wildman–Crippen MR) is 102 cm³/mol. The lowest BCUT2D eigenvalue weighted by Gasteiger charge is -2.13. The van der Waals surface area contributed by atoms with Crippen molar-refractivity contribution >= 4 is 40.5 Å². The van der Waals surface area contributed by atoms with Crippen molar-refractivity contribution in [3.63, 3.8) is 0 Å². The van der Waals surface area contributed by atoms with Crippen LogP contribution in [-0.4, -0.2) is 26.0 Å². The lowest BCUT2D eigenvalue weighted by atomic mass is 10.3. The molecule has 0 saturated carbocycles. The van der Waals surface area contributed by atoms with Crippen molar-refractivity contribution in [2.75, 3.05) is 10.6 Å². The highest BCUT2D eigenvalue weighted by atomic mass is 35.5. The molecule has 0 atom stereocenters. The van der Waals surface area contributed by atoms with E-state index in [2.05, 4.69) is 30.6 Å². The molecule has 0 saturated heterocycles. The summed E-state index contributed by atoms with van der Waals surface area (Å²) in [6.07, 6.45) is 1.62. The molecule has 0 bridgehead atoms. The lowest BCUT2D eigenvalue weighted by Crippen LogP contribution is -2.12. The van der Waals surface area contributed by atoms with Crippen LogP contribution in [0.3, 0.4) is 0 Å². The Morgan fingerprint density at radius 3 is 2.44 bits per heavy atom. The largest absolute Gasteiger partial charge is 0.368 e. The highest BCUT2D eigenvalue weighted by molar-refractivity contribution is 6.29. The van der Waals surface area contributed by atoms with Crippen LogP contribution in [-0.2, 0) is 0 Å². The van der Waals surface area contributed by atoms with Crippen molar-refractivity contribution in [1.82, 2.24) is 19.9 Å². The SMILES string of the molecule is CC(C)Nc1cc(Nc2ccnc(Cl)c2)nc(-c2cccc(Cl)n2)n1. The first-order valence-corrected chi connectivity index (χ1v) is 8.42. The fourth-order valence-electron chi connectivity index (χ4n) is 2.16. The molecule has 25 heavy (non-hydrogen) atoms. The van der Waals surface area contributed by atoms with Crippen LogP contribution in [0.25, 0.3) is 11.5 Å². The van der Waals surface area contributed by atoms with Crippen LogP contribution < -0.4 is 10.6 Å². The van der Waals surface area contributed by atoms with E-state index in [1.54, 1.807) is 24.4 Å². The maximum absolute atomic E-state index is 5.99. The number of hydrogen-bond donors (Lipinski definition) is 2. The molecule has 0 radical (unpaired) electrons. The summed E-state index contributed by atoms with van der Waals surface area (Å²) in [5, 5.41) is 7.27. The first kappa shape index (κ1) is 17.4. The van der Waals surface area contributed by atoms with E-state index in [0.29, 0.717) is 33.5 Å². The Morgan fingerprint density at radius 2 is 1.72 bits per heavy atom. The maximum Gasteiger partial charge on any atom is 0.182 e. The van der Waals surface area contributed by atoms with E-state index >= 15 is 0 Å². The van der Waals surface area contributed by atoms with Gasteiger partial charge in [-0.25, -0.2) is 19.9 Å². The lowest BCUT2D eigenvalue weighted by molar-refractivity contribution is 0.887. The Morgan fingerprint density at radius 1 is 0.920 bits per heavy atom. The van der Waals surface area contributed by atoms with Crippen molar-refractivity contribution in [1.29, 1.82) is 0 Å². The minimum atomic E-state index is 0.221. The highest BCUT2D eigenvalue weighted by Crippen LogP contribution is 2.23. The van der Waals surface area contributed by atoms with Crippen molar-refractivity contribution in [3.05, 3.63) is 52.9 Å². The molecular formula is C17H16Cl2N6. The summed E-state index contributed by atoms with van der Waals surface area (Å²) >= 11 is 11.9. The van der Waals surface area contributed by atoms with Gasteiger partial charge in [0.2, 0.25) is 0 Å². The number of hydrogen-bond acceptors (Lipinski definition) is 6. The molecular weight excluding hydrogens is 359 g/mol. The van der Waals surface area contributed by atoms with E-state index in [1.165, 1.54) is 0 Å². The number of anilines is 3. The van der Waals surface area contributed by atoms with E-state index in [9.17, 15) is 0 Å². The van der Waals surface area contributed by atoms with Gasteiger partial charge in [0.15, 0.2) is 5.82 Å². The average molecular weight is 375 g/mol. The van der Waals surface area contributed by atoms with Crippen molar-refractivity contribution in [2.24, 2.45) is 0 Å². The number of halogens is 2. The quantitative estimate of drug-likeness (QED) is 0.624. The second-order valence-corrected chi connectivity index (χ2v) is 6.37. The van der Waals surface area contributed by atoms with Gasteiger partial charge in [0.25, 0.3) is 0 Å². The molecule has 2 N–H and O–H groups in total. The molecule has 8 heteroatoms. The molecule has 0 unspecified atom stereocenters. The van der Waals surface area contributed by atoms with E-state index in [0.717, 1.165) is 5.69 Å². The molecule has 0 fully saturated rings. The summed E-state index contributed by atoms with van der Waals surface area (Å²) in [6, 6.07) is 10.9. The molecule has 0 aliphatic carbocycles. The number of rotatable bonds is 5. The molecule has 0 aliphatic heterocycles. The number of aromatic nitrogens is 4. The van der Waals surface area contributed by atoms with Crippen LogP contribution in [0.4, 0.5) is 17.3 Å². The van der Waals surface area contributed by atoms with Crippen molar-refractivity contribution in [2.45, 2.75) is 19.9 Å². The Bertz CT molecular complexity index is 885. The summed E-state index contributed by atoms with van der Waals surface area (Å²) in [6.45, 7) is 4.07. The van der Waals surface area contributed by atoms with Gasteiger partial charge in [-0.3, -0.25) is 0 Å².